The van der Waals surface area contributed by atoms with Crippen LogP contribution in [-0.4, -0.2) is 34.5 Å². The Morgan fingerprint density at radius 3 is 2.11 bits per heavy atom. The summed E-state index contributed by atoms with van der Waals surface area (Å²) < 4.78 is 0. The summed E-state index contributed by atoms with van der Waals surface area (Å²) in [5.41, 5.74) is 0. The molecule has 0 unspecified atom stereocenters. The van der Waals surface area contributed by atoms with Crippen LogP contribution < -0.4 is 0 Å². The first-order chi connectivity index (χ1) is 4.09. The second kappa shape index (κ2) is 3.32. The van der Waals surface area contributed by atoms with Crippen molar-refractivity contribution in [3.63, 3.8) is 0 Å². The van der Waals surface area contributed by atoms with Gasteiger partial charge >= 0.3 is 0 Å². The normalized spacial score (nSPS) is 12.8. The van der Waals surface area contributed by atoms with Gasteiger partial charge in [0, 0.05) is 6.92 Å². The zero-order valence-corrected chi connectivity index (χ0v) is 5.00. The molecule has 0 aliphatic rings. The maximum atomic E-state index is 10.3. The van der Waals surface area contributed by atoms with E-state index in [1.54, 1.807) is 0 Å². The predicted octanol–water partition coefficient (Wildman–Crippen LogP) is -1.50. The molecule has 0 bridgehead atoms. The van der Waals surface area contributed by atoms with E-state index in [1.165, 1.54) is 0 Å². The van der Waals surface area contributed by atoms with Crippen molar-refractivity contribution >= 4 is 11.6 Å². The number of Topliss-reactive ketones (excluding diaryl/α,β-unsaturated/α-hetero) is 2. The molecule has 0 aromatic carbocycles. The minimum absolute atomic E-state index is 0.696. The van der Waals surface area contributed by atoms with Crippen LogP contribution in [0.1, 0.15) is 6.92 Å². The van der Waals surface area contributed by atoms with Crippen LogP contribution in [-0.2, 0) is 9.59 Å². The summed E-state index contributed by atoms with van der Waals surface area (Å²) in [5.74, 6) is -1.69. The van der Waals surface area contributed by atoms with Crippen LogP contribution in [0.25, 0.3) is 0 Å². The van der Waals surface area contributed by atoms with E-state index in [0.717, 1.165) is 6.92 Å². The van der Waals surface area contributed by atoms with Gasteiger partial charge in [0.25, 0.3) is 0 Å². The first-order valence-electron chi connectivity index (χ1n) is 2.43. The molecule has 0 aliphatic carbocycles. The SMILES string of the molecule is CC(=O)C(=O)[C@@H](O)CO. The standard InChI is InChI=1S/C5H8O4/c1-3(7)5(9)4(8)2-6/h4,6,8H,2H2,1H3/t4-/m0/s1. The molecule has 4 heteroatoms. The minimum Gasteiger partial charge on any atom is -0.393 e. The highest BCUT2D eigenvalue weighted by molar-refractivity contribution is 6.37. The third kappa shape index (κ3) is 2.34. The molecule has 0 amide bonds. The van der Waals surface area contributed by atoms with Gasteiger partial charge in [-0.3, -0.25) is 9.59 Å². The molecule has 0 heterocycles. The van der Waals surface area contributed by atoms with Crippen LogP contribution in [0, 0.1) is 0 Å². The maximum Gasteiger partial charge on any atom is 0.228 e. The van der Waals surface area contributed by atoms with Crippen molar-refractivity contribution in [3.8, 4) is 0 Å². The van der Waals surface area contributed by atoms with Gasteiger partial charge < -0.3 is 10.2 Å². The highest BCUT2D eigenvalue weighted by Gasteiger charge is 2.17. The third-order valence-corrected chi connectivity index (χ3v) is 0.823. The van der Waals surface area contributed by atoms with E-state index in [0.29, 0.717) is 0 Å². The lowest BCUT2D eigenvalue weighted by molar-refractivity contribution is -0.141. The van der Waals surface area contributed by atoms with E-state index >= 15 is 0 Å². The van der Waals surface area contributed by atoms with Crippen LogP contribution in [0.2, 0.25) is 0 Å². The van der Waals surface area contributed by atoms with E-state index in [9.17, 15) is 9.59 Å². The topological polar surface area (TPSA) is 74.6 Å². The molecule has 1 atom stereocenters. The van der Waals surface area contributed by atoms with Gasteiger partial charge in [-0.05, 0) is 0 Å². The van der Waals surface area contributed by atoms with Gasteiger partial charge in [-0.15, -0.1) is 0 Å². The van der Waals surface area contributed by atoms with E-state index in [2.05, 4.69) is 0 Å². The molecule has 4 nitrogen and oxygen atoms in total. The number of aliphatic hydroxyl groups is 2. The van der Waals surface area contributed by atoms with Crippen molar-refractivity contribution in [3.05, 3.63) is 0 Å². The Hall–Kier alpha value is -0.740. The van der Waals surface area contributed by atoms with Crippen molar-refractivity contribution in [2.24, 2.45) is 0 Å². The van der Waals surface area contributed by atoms with Gasteiger partial charge in [-0.2, -0.15) is 0 Å². The van der Waals surface area contributed by atoms with Crippen molar-refractivity contribution in [2.75, 3.05) is 6.61 Å². The van der Waals surface area contributed by atoms with Crippen LogP contribution in [0.15, 0.2) is 0 Å². The molecular formula is C5H8O4. The summed E-state index contributed by atoms with van der Waals surface area (Å²) in [5, 5.41) is 16.6. The zero-order chi connectivity index (χ0) is 7.44. The first-order valence-corrected chi connectivity index (χ1v) is 2.43. The molecule has 52 valence electrons. The second-order valence-corrected chi connectivity index (χ2v) is 1.62. The quantitative estimate of drug-likeness (QED) is 0.458. The van der Waals surface area contributed by atoms with Crippen molar-refractivity contribution < 1.29 is 19.8 Å². The van der Waals surface area contributed by atoms with Gasteiger partial charge in [-0.1, -0.05) is 0 Å². The number of rotatable bonds is 3. The number of ketones is 2. The fourth-order valence-electron chi connectivity index (χ4n) is 0.318. The van der Waals surface area contributed by atoms with E-state index in [1.807, 2.05) is 0 Å². The van der Waals surface area contributed by atoms with Gasteiger partial charge in [0.2, 0.25) is 5.78 Å². The molecule has 9 heavy (non-hydrogen) atoms. The summed E-state index contributed by atoms with van der Waals surface area (Å²) >= 11 is 0. The second-order valence-electron chi connectivity index (χ2n) is 1.62. The van der Waals surface area contributed by atoms with Gasteiger partial charge in [0.1, 0.15) is 6.10 Å². The van der Waals surface area contributed by atoms with Gasteiger partial charge in [0.15, 0.2) is 5.78 Å². The van der Waals surface area contributed by atoms with Gasteiger partial charge in [0.05, 0.1) is 6.61 Å². The Labute approximate surface area is 52.1 Å². The monoisotopic (exact) mass is 132 g/mol. The van der Waals surface area contributed by atoms with E-state index < -0.39 is 24.3 Å². The van der Waals surface area contributed by atoms with Crippen molar-refractivity contribution in [1.82, 2.24) is 0 Å². The fraction of sp³-hybridized carbons (Fsp3) is 0.600. The Morgan fingerprint density at radius 2 is 2.00 bits per heavy atom. The average molecular weight is 132 g/mol. The van der Waals surface area contributed by atoms with Crippen LogP contribution in [0.3, 0.4) is 0 Å². The molecule has 0 rings (SSSR count). The zero-order valence-electron chi connectivity index (χ0n) is 5.00. The molecular weight excluding hydrogens is 124 g/mol. The van der Waals surface area contributed by atoms with Crippen LogP contribution >= 0.6 is 0 Å². The molecule has 2 N–H and O–H groups in total. The highest BCUT2D eigenvalue weighted by atomic mass is 16.3. The third-order valence-electron chi connectivity index (χ3n) is 0.823. The summed E-state index contributed by atoms with van der Waals surface area (Å²) in [6.45, 7) is 0.347. The molecule has 0 aromatic rings. The van der Waals surface area contributed by atoms with Gasteiger partial charge in [-0.25, -0.2) is 0 Å². The summed E-state index contributed by atoms with van der Waals surface area (Å²) in [7, 11) is 0. The molecule has 0 saturated heterocycles. The Morgan fingerprint density at radius 1 is 1.56 bits per heavy atom. The predicted molar refractivity (Wildman–Crippen MR) is 28.8 cm³/mol. The van der Waals surface area contributed by atoms with Crippen molar-refractivity contribution in [1.29, 1.82) is 0 Å². The Bertz CT molecular complexity index is 129. The molecule has 0 spiro atoms. The number of carbonyl (C=O) groups is 2. The number of hydrogen-bond acceptors (Lipinski definition) is 4. The molecule has 0 fully saturated rings. The van der Waals surface area contributed by atoms with Crippen molar-refractivity contribution in [2.45, 2.75) is 13.0 Å². The van der Waals surface area contributed by atoms with Crippen LogP contribution in [0.5, 0.6) is 0 Å². The van der Waals surface area contributed by atoms with Crippen LogP contribution in [0.4, 0.5) is 0 Å². The van der Waals surface area contributed by atoms with E-state index in [4.69, 9.17) is 10.2 Å². The lowest BCUT2D eigenvalue weighted by atomic mass is 10.2. The summed E-state index contributed by atoms with van der Waals surface area (Å²) in [6.07, 6.45) is -1.54. The molecule has 0 radical (unpaired) electrons. The largest absolute Gasteiger partial charge is 0.393 e. The highest BCUT2D eigenvalue weighted by Crippen LogP contribution is 1.84. The number of hydrogen-bond donors (Lipinski definition) is 2. The lowest BCUT2D eigenvalue weighted by Crippen LogP contribution is -2.29. The average Bonchev–Trinajstić information content (AvgIpc) is 1.84. The number of aliphatic hydroxyl groups excluding tert-OH is 2. The lowest BCUT2D eigenvalue weighted by Gasteiger charge is -1.99. The Kier molecular flexibility index (Phi) is 3.05. The summed E-state index contributed by atoms with van der Waals surface area (Å²) in [6, 6.07) is 0. The Balaban J connectivity index is 3.88. The molecule has 0 saturated carbocycles. The minimum atomic E-state index is -1.54. The molecule has 0 aromatic heterocycles. The smallest absolute Gasteiger partial charge is 0.228 e. The maximum absolute atomic E-state index is 10.3. The number of carbonyl (C=O) groups excluding carboxylic acids is 2. The molecule has 0 aliphatic heterocycles. The first kappa shape index (κ1) is 8.26. The van der Waals surface area contributed by atoms with E-state index in [-0.39, 0.29) is 0 Å². The summed E-state index contributed by atoms with van der Waals surface area (Å²) in [4.78, 5) is 20.4. The fourth-order valence-corrected chi connectivity index (χ4v) is 0.318.